The van der Waals surface area contributed by atoms with E-state index in [1.807, 2.05) is 13.8 Å². The number of nitrogens with one attached hydrogen (secondary N) is 1. The fraction of sp³-hybridized carbons (Fsp3) is 1.00. The molecular formula is C13H28N2O. The molecule has 3 nitrogen and oxygen atoms in total. The second-order valence-electron chi connectivity index (χ2n) is 5.75. The van der Waals surface area contributed by atoms with E-state index in [4.69, 9.17) is 0 Å². The van der Waals surface area contributed by atoms with Crippen molar-refractivity contribution in [2.24, 2.45) is 5.92 Å². The third-order valence-corrected chi connectivity index (χ3v) is 3.64. The molecule has 1 heterocycles. The lowest BCUT2D eigenvalue weighted by Gasteiger charge is -2.35. The molecule has 0 spiro atoms. The molecule has 2 N–H and O–H groups in total. The van der Waals surface area contributed by atoms with Crippen molar-refractivity contribution in [3.8, 4) is 0 Å². The number of hydrogen-bond donors (Lipinski definition) is 2. The molecule has 1 fully saturated rings. The number of nitrogens with zero attached hydrogens (tertiary/aromatic N) is 1. The summed E-state index contributed by atoms with van der Waals surface area (Å²) in [6, 6.07) is 0.519. The van der Waals surface area contributed by atoms with Crippen molar-refractivity contribution in [3.63, 3.8) is 0 Å². The van der Waals surface area contributed by atoms with Gasteiger partial charge in [0.15, 0.2) is 0 Å². The quantitative estimate of drug-likeness (QED) is 0.748. The number of rotatable bonds is 5. The molecule has 1 aliphatic heterocycles. The van der Waals surface area contributed by atoms with Crippen molar-refractivity contribution < 1.29 is 5.11 Å². The molecule has 0 aromatic rings. The maximum Gasteiger partial charge on any atom is 0.0715 e. The van der Waals surface area contributed by atoms with E-state index < -0.39 is 5.60 Å². The fourth-order valence-electron chi connectivity index (χ4n) is 2.35. The van der Waals surface area contributed by atoms with Crippen LogP contribution >= 0.6 is 0 Å². The zero-order valence-electron chi connectivity index (χ0n) is 11.3. The van der Waals surface area contributed by atoms with Crippen LogP contribution in [0.4, 0.5) is 0 Å². The molecule has 0 bridgehead atoms. The highest BCUT2D eigenvalue weighted by Crippen LogP contribution is 2.20. The zero-order valence-corrected chi connectivity index (χ0v) is 11.3. The standard InChI is InChI=1S/C13H28N2O/c1-5-15-8-6-12(7-9-15)11(2)14-10-13(3,4)16/h11-12,14,16H,5-10H2,1-4H3. The first kappa shape index (κ1) is 13.9. The predicted octanol–water partition coefficient (Wildman–Crippen LogP) is 1.47. The van der Waals surface area contributed by atoms with Gasteiger partial charge in [-0.3, -0.25) is 0 Å². The van der Waals surface area contributed by atoms with Crippen LogP contribution in [0.25, 0.3) is 0 Å². The van der Waals surface area contributed by atoms with Crippen LogP contribution in [0, 0.1) is 5.92 Å². The molecular weight excluding hydrogens is 200 g/mol. The minimum atomic E-state index is -0.599. The monoisotopic (exact) mass is 228 g/mol. The lowest BCUT2D eigenvalue weighted by molar-refractivity contribution is 0.0709. The van der Waals surface area contributed by atoms with Crippen LogP contribution < -0.4 is 5.32 Å². The lowest BCUT2D eigenvalue weighted by Crippen LogP contribution is -2.46. The smallest absolute Gasteiger partial charge is 0.0715 e. The van der Waals surface area contributed by atoms with Crippen molar-refractivity contribution in [1.29, 1.82) is 0 Å². The van der Waals surface area contributed by atoms with E-state index in [9.17, 15) is 5.11 Å². The fourth-order valence-corrected chi connectivity index (χ4v) is 2.35. The Morgan fingerprint density at radius 1 is 1.38 bits per heavy atom. The molecule has 1 saturated heterocycles. The highest BCUT2D eigenvalue weighted by molar-refractivity contribution is 4.81. The SMILES string of the molecule is CCN1CCC(C(C)NCC(C)(C)O)CC1. The molecule has 1 rings (SSSR count). The third kappa shape index (κ3) is 4.81. The lowest BCUT2D eigenvalue weighted by atomic mass is 9.90. The Kier molecular flexibility index (Phi) is 5.22. The second kappa shape index (κ2) is 5.99. The number of aliphatic hydroxyl groups is 1. The second-order valence-corrected chi connectivity index (χ2v) is 5.75. The number of likely N-dealkylation sites (tertiary alicyclic amines) is 1. The molecule has 3 heteroatoms. The largest absolute Gasteiger partial charge is 0.389 e. The first-order valence-corrected chi connectivity index (χ1v) is 6.60. The summed E-state index contributed by atoms with van der Waals surface area (Å²) in [6.07, 6.45) is 2.57. The van der Waals surface area contributed by atoms with Crippen LogP contribution in [0.5, 0.6) is 0 Å². The van der Waals surface area contributed by atoms with Crippen LogP contribution in [0.15, 0.2) is 0 Å². The molecule has 0 saturated carbocycles. The van der Waals surface area contributed by atoms with Crippen LogP contribution in [0.3, 0.4) is 0 Å². The third-order valence-electron chi connectivity index (χ3n) is 3.64. The summed E-state index contributed by atoms with van der Waals surface area (Å²) in [6.45, 7) is 12.5. The van der Waals surface area contributed by atoms with Crippen molar-refractivity contribution in [1.82, 2.24) is 10.2 Å². The van der Waals surface area contributed by atoms with Crippen LogP contribution in [0.1, 0.15) is 40.5 Å². The topological polar surface area (TPSA) is 35.5 Å². The van der Waals surface area contributed by atoms with Crippen molar-refractivity contribution in [2.75, 3.05) is 26.2 Å². The molecule has 0 aromatic carbocycles. The zero-order chi connectivity index (χ0) is 12.2. The van der Waals surface area contributed by atoms with Gasteiger partial charge in [0.1, 0.15) is 0 Å². The molecule has 0 aliphatic carbocycles. The molecule has 0 radical (unpaired) electrons. The minimum absolute atomic E-state index is 0.519. The van der Waals surface area contributed by atoms with Gasteiger partial charge in [0.2, 0.25) is 0 Å². The molecule has 16 heavy (non-hydrogen) atoms. The van der Waals surface area contributed by atoms with E-state index in [0.29, 0.717) is 12.6 Å². The van der Waals surface area contributed by atoms with Gasteiger partial charge in [-0.25, -0.2) is 0 Å². The van der Waals surface area contributed by atoms with Crippen LogP contribution in [-0.2, 0) is 0 Å². The molecule has 96 valence electrons. The molecule has 1 unspecified atom stereocenters. The van der Waals surface area contributed by atoms with Gasteiger partial charge in [-0.2, -0.15) is 0 Å². The Morgan fingerprint density at radius 2 is 1.94 bits per heavy atom. The Labute approximate surface area is 100 Å². The van der Waals surface area contributed by atoms with E-state index in [2.05, 4.69) is 24.1 Å². The molecule has 0 amide bonds. The van der Waals surface area contributed by atoms with Crippen molar-refractivity contribution in [2.45, 2.75) is 52.2 Å². The van der Waals surface area contributed by atoms with Crippen molar-refractivity contribution >= 4 is 0 Å². The van der Waals surface area contributed by atoms with Gasteiger partial charge in [0.25, 0.3) is 0 Å². The van der Waals surface area contributed by atoms with E-state index >= 15 is 0 Å². The van der Waals surface area contributed by atoms with E-state index in [-0.39, 0.29) is 0 Å². The molecule has 1 atom stereocenters. The van der Waals surface area contributed by atoms with E-state index in [1.165, 1.54) is 32.5 Å². The number of piperidine rings is 1. The minimum Gasteiger partial charge on any atom is -0.389 e. The predicted molar refractivity (Wildman–Crippen MR) is 68.6 cm³/mol. The molecule has 1 aliphatic rings. The normalized spacial score (nSPS) is 22.3. The van der Waals surface area contributed by atoms with Gasteiger partial charge in [0.05, 0.1) is 5.60 Å². The van der Waals surface area contributed by atoms with Gasteiger partial charge in [-0.1, -0.05) is 6.92 Å². The Balaban J connectivity index is 2.25. The summed E-state index contributed by atoms with van der Waals surface area (Å²) in [4.78, 5) is 2.51. The Bertz CT molecular complexity index is 193. The van der Waals surface area contributed by atoms with Gasteiger partial charge in [-0.15, -0.1) is 0 Å². The van der Waals surface area contributed by atoms with Gasteiger partial charge in [-0.05, 0) is 59.2 Å². The summed E-state index contributed by atoms with van der Waals surface area (Å²) >= 11 is 0. The van der Waals surface area contributed by atoms with E-state index in [0.717, 1.165) is 5.92 Å². The van der Waals surface area contributed by atoms with Crippen LogP contribution in [0.2, 0.25) is 0 Å². The van der Waals surface area contributed by atoms with Crippen LogP contribution in [-0.4, -0.2) is 47.8 Å². The first-order chi connectivity index (χ1) is 7.42. The summed E-state index contributed by atoms with van der Waals surface area (Å²) in [7, 11) is 0. The summed E-state index contributed by atoms with van der Waals surface area (Å²) in [5.41, 5.74) is -0.599. The maximum absolute atomic E-state index is 9.67. The Hall–Kier alpha value is -0.120. The van der Waals surface area contributed by atoms with Gasteiger partial charge in [0, 0.05) is 12.6 Å². The van der Waals surface area contributed by atoms with E-state index in [1.54, 1.807) is 0 Å². The molecule has 0 aromatic heterocycles. The average Bonchev–Trinajstić information content (AvgIpc) is 2.25. The number of hydrogen-bond acceptors (Lipinski definition) is 3. The Morgan fingerprint density at radius 3 is 2.38 bits per heavy atom. The summed E-state index contributed by atoms with van der Waals surface area (Å²) in [5, 5.41) is 13.1. The van der Waals surface area contributed by atoms with Gasteiger partial charge < -0.3 is 15.3 Å². The van der Waals surface area contributed by atoms with Crippen molar-refractivity contribution in [3.05, 3.63) is 0 Å². The highest BCUT2D eigenvalue weighted by Gasteiger charge is 2.24. The first-order valence-electron chi connectivity index (χ1n) is 6.60. The summed E-state index contributed by atoms with van der Waals surface area (Å²) < 4.78 is 0. The average molecular weight is 228 g/mol. The highest BCUT2D eigenvalue weighted by atomic mass is 16.3. The van der Waals surface area contributed by atoms with Gasteiger partial charge >= 0.3 is 0 Å². The summed E-state index contributed by atoms with van der Waals surface area (Å²) in [5.74, 6) is 0.769. The maximum atomic E-state index is 9.67.